The van der Waals surface area contributed by atoms with Crippen molar-refractivity contribution in [2.75, 3.05) is 27.2 Å². The van der Waals surface area contributed by atoms with Crippen LogP contribution in [0.4, 0.5) is 0 Å². The van der Waals surface area contributed by atoms with E-state index in [2.05, 4.69) is 38.9 Å². The van der Waals surface area contributed by atoms with Crippen LogP contribution in [-0.4, -0.2) is 55.5 Å². The summed E-state index contributed by atoms with van der Waals surface area (Å²) in [6, 6.07) is 0. The Morgan fingerprint density at radius 3 is 0.837 bits per heavy atom. The molecule has 0 spiro atoms. The second-order valence-corrected chi connectivity index (χ2v) is 16.7. The molecule has 1 N–H and O–H groups in total. The van der Waals surface area contributed by atoms with E-state index in [0.717, 1.165) is 31.1 Å². The summed E-state index contributed by atoms with van der Waals surface area (Å²) in [5.74, 6) is 0. The second kappa shape index (κ2) is 36.2. The summed E-state index contributed by atoms with van der Waals surface area (Å²) in [6.45, 7) is 11.1. The average Bonchev–Trinajstić information content (AvgIpc) is 3.07. The van der Waals surface area contributed by atoms with E-state index in [-0.39, 0.29) is 0 Å². The van der Waals surface area contributed by atoms with Crippen molar-refractivity contribution in [3.8, 4) is 0 Å². The molecule has 0 fully saturated rings. The first-order chi connectivity index (χ1) is 23.5. The van der Waals surface area contributed by atoms with Gasteiger partial charge in [-0.3, -0.25) is 8.67 Å². The van der Waals surface area contributed by atoms with Gasteiger partial charge in [0.2, 0.25) is 10.4 Å². The largest absolute Gasteiger partial charge is 0.726 e. The van der Waals surface area contributed by atoms with Crippen molar-refractivity contribution in [1.29, 1.82) is 0 Å². The summed E-state index contributed by atoms with van der Waals surface area (Å²) >= 11 is 0. The van der Waals surface area contributed by atoms with Gasteiger partial charge in [-0.2, -0.15) is 0 Å². The van der Waals surface area contributed by atoms with Gasteiger partial charge in [0.15, 0.2) is 5.72 Å². The molecule has 0 aromatic rings. The molecule has 6 nitrogen and oxygen atoms in total. The third-order valence-electron chi connectivity index (χ3n) is 11.0. The summed E-state index contributed by atoms with van der Waals surface area (Å²) in [6.07, 6.45) is 46.3. The highest BCUT2D eigenvalue weighted by Gasteiger charge is 2.39. The van der Waals surface area contributed by atoms with E-state index >= 15 is 0 Å². The molecular formula is C42H89NO5S. The Bertz CT molecular complexity index is 722. The Labute approximate surface area is 308 Å². The van der Waals surface area contributed by atoms with Gasteiger partial charge in [-0.05, 0) is 25.7 Å². The number of quaternary nitrogens is 1. The fraction of sp³-hybridized carbons (Fsp3) is 1.00. The van der Waals surface area contributed by atoms with Gasteiger partial charge in [-0.15, -0.1) is 0 Å². The van der Waals surface area contributed by atoms with E-state index < -0.39 is 16.1 Å². The lowest BCUT2D eigenvalue weighted by atomic mass is 10.0. The van der Waals surface area contributed by atoms with Gasteiger partial charge >= 0.3 is 0 Å². The smallest absolute Gasteiger partial charge is 0.217 e. The Kier molecular flexibility index (Phi) is 37.6. The maximum atomic E-state index is 11.3. The molecule has 0 aliphatic rings. The summed E-state index contributed by atoms with van der Waals surface area (Å²) in [5, 5.41) is 11.3. The number of nitrogens with zero attached hydrogens (tertiary/aromatic N) is 1. The Balaban J connectivity index is 0. The highest BCUT2D eigenvalue weighted by molar-refractivity contribution is 7.80. The van der Waals surface area contributed by atoms with Gasteiger partial charge in [0.1, 0.15) is 0 Å². The number of hydrogen-bond acceptors (Lipinski definition) is 5. The summed E-state index contributed by atoms with van der Waals surface area (Å²) in [5.41, 5.74) is -0.592. The number of hydrogen-bond donors (Lipinski definition) is 1. The fourth-order valence-electron chi connectivity index (χ4n) is 6.99. The predicted molar refractivity (Wildman–Crippen MR) is 213 cm³/mol. The fourth-order valence-corrected chi connectivity index (χ4v) is 6.99. The molecule has 0 aliphatic carbocycles. The van der Waals surface area contributed by atoms with Gasteiger partial charge < -0.3 is 9.66 Å². The average molecular weight is 720 g/mol. The van der Waals surface area contributed by atoms with Gasteiger partial charge in [0.05, 0.1) is 27.2 Å². The van der Waals surface area contributed by atoms with Crippen LogP contribution in [0.5, 0.6) is 0 Å². The zero-order chi connectivity index (χ0) is 37.0. The normalized spacial score (nSPS) is 13.3. The minimum Gasteiger partial charge on any atom is -0.726 e. The maximum absolute atomic E-state index is 11.3. The molecule has 298 valence electrons. The third kappa shape index (κ3) is 36.0. The number of unbranched alkanes of at least 4 members (excludes halogenated alkanes) is 30. The van der Waals surface area contributed by atoms with Crippen LogP contribution in [0, 0.1) is 0 Å². The first kappa shape index (κ1) is 50.9. The maximum Gasteiger partial charge on any atom is 0.217 e. The quantitative estimate of drug-likeness (QED) is 0.0227. The summed E-state index contributed by atoms with van der Waals surface area (Å²) in [7, 11) is -1.27. The molecule has 0 aromatic carbocycles. The Hall–Kier alpha value is -0.210. The summed E-state index contributed by atoms with van der Waals surface area (Å²) in [4.78, 5) is 0. The summed E-state index contributed by atoms with van der Waals surface area (Å²) < 4.78 is 31.9. The molecule has 0 saturated carbocycles. The van der Waals surface area contributed by atoms with Gasteiger partial charge in [0.25, 0.3) is 0 Å². The molecule has 0 rings (SSSR count). The van der Waals surface area contributed by atoms with Crippen molar-refractivity contribution < 1.29 is 26.7 Å². The second-order valence-electron chi connectivity index (χ2n) is 15.6. The van der Waals surface area contributed by atoms with Crippen LogP contribution in [-0.2, 0) is 14.6 Å². The Morgan fingerprint density at radius 2 is 0.673 bits per heavy atom. The molecule has 0 aliphatic heterocycles. The molecule has 0 aromatic heterocycles. The topological polar surface area (TPSA) is 86.7 Å². The SMILES string of the molecule is CCCCCCCCCCCCCCCCCC[N+](C)(CCCCCCCCCCCCCCCCCC)C(C)(O)CC.COS(=O)(=O)[O-]. The third-order valence-corrected chi connectivity index (χ3v) is 11.5. The zero-order valence-electron chi connectivity index (χ0n) is 34.2. The minimum absolute atomic E-state index is 0.592. The molecule has 1 atom stereocenters. The van der Waals surface area contributed by atoms with Crippen molar-refractivity contribution in [3.05, 3.63) is 0 Å². The lowest BCUT2D eigenvalue weighted by molar-refractivity contribution is -0.982. The molecule has 0 bridgehead atoms. The van der Waals surface area contributed by atoms with Crippen molar-refractivity contribution in [3.63, 3.8) is 0 Å². The molecule has 49 heavy (non-hydrogen) atoms. The van der Waals surface area contributed by atoms with Gasteiger partial charge in [-0.25, -0.2) is 8.42 Å². The van der Waals surface area contributed by atoms with Crippen LogP contribution < -0.4 is 0 Å². The predicted octanol–water partition coefficient (Wildman–Crippen LogP) is 13.2. The highest BCUT2D eigenvalue weighted by Crippen LogP contribution is 2.27. The molecular weight excluding hydrogens is 631 g/mol. The molecule has 0 heterocycles. The van der Waals surface area contributed by atoms with Crippen LogP contribution in [0.2, 0.25) is 0 Å². The molecule has 1 unspecified atom stereocenters. The lowest BCUT2D eigenvalue weighted by Gasteiger charge is -2.46. The van der Waals surface area contributed by atoms with E-state index in [1.807, 2.05) is 0 Å². The molecule has 7 heteroatoms. The van der Waals surface area contributed by atoms with Gasteiger partial charge in [-0.1, -0.05) is 201 Å². The van der Waals surface area contributed by atoms with Crippen molar-refractivity contribution in [2.24, 2.45) is 0 Å². The van der Waals surface area contributed by atoms with Crippen molar-refractivity contribution >= 4 is 10.4 Å². The first-order valence-corrected chi connectivity index (χ1v) is 22.9. The first-order valence-electron chi connectivity index (χ1n) is 21.6. The Morgan fingerprint density at radius 1 is 0.490 bits per heavy atom. The molecule has 0 amide bonds. The van der Waals surface area contributed by atoms with Crippen LogP contribution in [0.1, 0.15) is 240 Å². The van der Waals surface area contributed by atoms with E-state index in [1.54, 1.807) is 0 Å². The van der Waals surface area contributed by atoms with E-state index in [1.165, 1.54) is 205 Å². The van der Waals surface area contributed by atoms with Crippen LogP contribution in [0.3, 0.4) is 0 Å². The van der Waals surface area contributed by atoms with E-state index in [9.17, 15) is 18.1 Å². The minimum atomic E-state index is -4.41. The number of rotatable bonds is 37. The molecule has 0 radical (unpaired) electrons. The van der Waals surface area contributed by atoms with Crippen molar-refractivity contribution in [1.82, 2.24) is 0 Å². The van der Waals surface area contributed by atoms with Crippen LogP contribution in [0.15, 0.2) is 0 Å². The highest BCUT2D eigenvalue weighted by atomic mass is 32.3. The standard InChI is InChI=1S/C41H86NO.CH4O4S/c1-6-9-11-13-15-17-19-21-23-25-27-29-31-33-35-37-39-42(5,41(4,43)8-3)40-38-36-34-32-30-28-26-24-22-20-18-16-14-12-10-7-2;1-5-6(2,3)4/h43H,6-40H2,1-5H3;1H3,(H,2,3,4)/q+1;/p-1. The van der Waals surface area contributed by atoms with Crippen LogP contribution >= 0.6 is 0 Å². The van der Waals surface area contributed by atoms with E-state index in [0.29, 0.717) is 0 Å². The monoisotopic (exact) mass is 720 g/mol. The number of aliphatic hydroxyl groups is 1. The van der Waals surface area contributed by atoms with Crippen molar-refractivity contribution in [2.45, 2.75) is 245 Å². The van der Waals surface area contributed by atoms with Gasteiger partial charge in [0, 0.05) is 13.3 Å². The lowest BCUT2D eigenvalue weighted by Crippen LogP contribution is -2.61. The zero-order valence-corrected chi connectivity index (χ0v) is 35.0. The molecule has 0 saturated heterocycles. The van der Waals surface area contributed by atoms with E-state index in [4.69, 9.17) is 0 Å². The van der Waals surface area contributed by atoms with Crippen LogP contribution in [0.25, 0.3) is 0 Å².